The highest BCUT2D eigenvalue weighted by molar-refractivity contribution is 5.32. The molecule has 0 heterocycles. The summed E-state index contributed by atoms with van der Waals surface area (Å²) in [5.41, 5.74) is 3.99. The zero-order chi connectivity index (χ0) is 14.8. The smallest absolute Gasteiger partial charge is 0.123 e. The monoisotopic (exact) mass is 276 g/mol. The lowest BCUT2D eigenvalue weighted by Crippen LogP contribution is -2.41. The van der Waals surface area contributed by atoms with Crippen molar-refractivity contribution in [3.05, 3.63) is 71.3 Å². The molecule has 0 radical (unpaired) electrons. The molecule has 0 fully saturated rings. The van der Waals surface area contributed by atoms with E-state index >= 15 is 0 Å². The lowest BCUT2D eigenvalue weighted by molar-refractivity contribution is 0.351. The minimum absolute atomic E-state index is 0.285. The molecule has 2 aromatic rings. The first kappa shape index (κ1) is 14.6. The van der Waals surface area contributed by atoms with E-state index in [0.29, 0.717) is 0 Å². The molecule has 106 valence electrons. The predicted octanol–water partition coefficient (Wildman–Crippen LogP) is 3.45. The summed E-state index contributed by atoms with van der Waals surface area (Å²) >= 11 is 0. The summed E-state index contributed by atoms with van der Waals surface area (Å²) in [5.74, 6) is 5.07. The molecule has 0 saturated carbocycles. The fourth-order valence-corrected chi connectivity index (χ4v) is 2.45. The van der Waals surface area contributed by atoms with E-state index in [9.17, 15) is 8.78 Å². The van der Waals surface area contributed by atoms with Gasteiger partial charge in [-0.15, -0.1) is 0 Å². The van der Waals surface area contributed by atoms with Crippen molar-refractivity contribution < 1.29 is 8.78 Å². The second-order valence-corrected chi connectivity index (χ2v) is 5.38. The van der Waals surface area contributed by atoms with Crippen LogP contribution in [-0.4, -0.2) is 0 Å². The first-order chi connectivity index (χ1) is 9.45. The molecule has 0 aliphatic heterocycles. The van der Waals surface area contributed by atoms with Gasteiger partial charge < -0.3 is 0 Å². The second-order valence-electron chi connectivity index (χ2n) is 5.38. The Hall–Kier alpha value is -1.78. The van der Waals surface area contributed by atoms with Gasteiger partial charge in [-0.2, -0.15) is 0 Å². The number of hydrogen-bond acceptors (Lipinski definition) is 2. The van der Waals surface area contributed by atoms with E-state index in [-0.39, 0.29) is 17.7 Å². The maximum absolute atomic E-state index is 13.4. The van der Waals surface area contributed by atoms with Gasteiger partial charge in [0, 0.05) is 5.41 Å². The molecule has 0 amide bonds. The van der Waals surface area contributed by atoms with Crippen LogP contribution in [0.5, 0.6) is 0 Å². The van der Waals surface area contributed by atoms with Gasteiger partial charge in [0.2, 0.25) is 0 Å². The first-order valence-corrected chi connectivity index (χ1v) is 6.43. The fourth-order valence-electron chi connectivity index (χ4n) is 2.45. The average molecular weight is 276 g/mol. The van der Waals surface area contributed by atoms with Crippen molar-refractivity contribution in [3.8, 4) is 0 Å². The molecule has 2 aromatic carbocycles. The Labute approximate surface area is 117 Å². The minimum Gasteiger partial charge on any atom is -0.271 e. The average Bonchev–Trinajstić information content (AvgIpc) is 2.40. The summed E-state index contributed by atoms with van der Waals surface area (Å²) in [6.07, 6.45) is 0. The Morgan fingerprint density at radius 3 is 2.20 bits per heavy atom. The quantitative estimate of drug-likeness (QED) is 0.663. The summed E-state index contributed by atoms with van der Waals surface area (Å²) < 4.78 is 26.4. The maximum Gasteiger partial charge on any atom is 0.123 e. The van der Waals surface area contributed by atoms with Gasteiger partial charge in [-0.3, -0.25) is 11.3 Å². The summed E-state index contributed by atoms with van der Waals surface area (Å²) in [7, 11) is 0. The molecule has 0 aliphatic carbocycles. The largest absolute Gasteiger partial charge is 0.271 e. The van der Waals surface area contributed by atoms with Crippen LogP contribution in [0, 0.1) is 11.6 Å². The number of nitrogens with two attached hydrogens (primary N) is 1. The molecule has 2 rings (SSSR count). The molecular formula is C16H18F2N2. The van der Waals surface area contributed by atoms with Crippen LogP contribution in [0.25, 0.3) is 0 Å². The third-order valence-electron chi connectivity index (χ3n) is 3.66. The Balaban J connectivity index is 2.41. The van der Waals surface area contributed by atoms with Gasteiger partial charge >= 0.3 is 0 Å². The number of rotatable bonds is 4. The van der Waals surface area contributed by atoms with Crippen molar-refractivity contribution in [1.29, 1.82) is 0 Å². The molecule has 20 heavy (non-hydrogen) atoms. The van der Waals surface area contributed by atoms with Gasteiger partial charge in [-0.05, 0) is 35.4 Å². The topological polar surface area (TPSA) is 38.0 Å². The van der Waals surface area contributed by atoms with E-state index in [0.717, 1.165) is 11.1 Å². The molecule has 0 aliphatic rings. The molecule has 0 bridgehead atoms. The number of hydrogen-bond donors (Lipinski definition) is 2. The van der Waals surface area contributed by atoms with E-state index in [1.165, 1.54) is 24.3 Å². The first-order valence-electron chi connectivity index (χ1n) is 6.43. The van der Waals surface area contributed by atoms with Crippen LogP contribution in [-0.2, 0) is 5.41 Å². The van der Waals surface area contributed by atoms with Gasteiger partial charge in [0.15, 0.2) is 0 Å². The van der Waals surface area contributed by atoms with Crippen molar-refractivity contribution in [1.82, 2.24) is 5.43 Å². The molecule has 0 aromatic heterocycles. The number of halogens is 2. The van der Waals surface area contributed by atoms with E-state index in [1.54, 1.807) is 18.2 Å². The molecular weight excluding hydrogens is 258 g/mol. The van der Waals surface area contributed by atoms with Crippen LogP contribution < -0.4 is 11.3 Å². The van der Waals surface area contributed by atoms with Crippen LogP contribution in [0.2, 0.25) is 0 Å². The summed E-state index contributed by atoms with van der Waals surface area (Å²) in [5, 5.41) is 0. The number of nitrogens with one attached hydrogen (secondary N) is 1. The summed E-state index contributed by atoms with van der Waals surface area (Å²) in [6.45, 7) is 3.96. The Bertz CT molecular complexity index is 579. The van der Waals surface area contributed by atoms with Gasteiger partial charge in [0.25, 0.3) is 0 Å². The van der Waals surface area contributed by atoms with Gasteiger partial charge in [-0.1, -0.05) is 38.1 Å². The van der Waals surface area contributed by atoms with Crippen LogP contribution >= 0.6 is 0 Å². The fraction of sp³-hybridized carbons (Fsp3) is 0.250. The highest BCUT2D eigenvalue weighted by Gasteiger charge is 2.32. The highest BCUT2D eigenvalue weighted by atomic mass is 19.1. The Morgan fingerprint density at radius 2 is 1.65 bits per heavy atom. The van der Waals surface area contributed by atoms with E-state index in [1.807, 2.05) is 19.9 Å². The minimum atomic E-state index is -0.420. The van der Waals surface area contributed by atoms with E-state index < -0.39 is 5.41 Å². The number of hydrazine groups is 1. The van der Waals surface area contributed by atoms with Crippen molar-refractivity contribution in [2.24, 2.45) is 5.84 Å². The molecule has 1 unspecified atom stereocenters. The zero-order valence-corrected chi connectivity index (χ0v) is 11.5. The Morgan fingerprint density at radius 1 is 1.00 bits per heavy atom. The molecule has 4 heteroatoms. The lowest BCUT2D eigenvalue weighted by Gasteiger charge is -2.35. The van der Waals surface area contributed by atoms with Crippen molar-refractivity contribution in [2.45, 2.75) is 25.3 Å². The van der Waals surface area contributed by atoms with Crippen molar-refractivity contribution >= 4 is 0 Å². The van der Waals surface area contributed by atoms with E-state index in [4.69, 9.17) is 5.84 Å². The van der Waals surface area contributed by atoms with Gasteiger partial charge in [0.05, 0.1) is 6.04 Å². The summed E-state index contributed by atoms with van der Waals surface area (Å²) in [6, 6.07) is 12.3. The standard InChI is InChI=1S/C16H18F2N2/c1-16(2,12-6-8-13(17)9-7-12)15(20-19)11-4-3-5-14(18)10-11/h3-10,15,20H,19H2,1-2H3. The van der Waals surface area contributed by atoms with Crippen LogP contribution in [0.1, 0.15) is 31.0 Å². The van der Waals surface area contributed by atoms with Crippen molar-refractivity contribution in [2.75, 3.05) is 0 Å². The zero-order valence-electron chi connectivity index (χ0n) is 11.5. The van der Waals surface area contributed by atoms with Crippen LogP contribution in [0.4, 0.5) is 8.78 Å². The molecule has 2 nitrogen and oxygen atoms in total. The maximum atomic E-state index is 13.4. The molecule has 3 N–H and O–H groups in total. The molecule has 0 spiro atoms. The van der Waals surface area contributed by atoms with E-state index in [2.05, 4.69) is 5.43 Å². The SMILES string of the molecule is CC(C)(c1ccc(F)cc1)C(NN)c1cccc(F)c1. The van der Waals surface area contributed by atoms with Crippen LogP contribution in [0.15, 0.2) is 48.5 Å². The highest BCUT2D eigenvalue weighted by Crippen LogP contribution is 2.36. The number of benzene rings is 2. The molecule has 1 atom stereocenters. The normalized spacial score (nSPS) is 13.2. The van der Waals surface area contributed by atoms with Gasteiger partial charge in [-0.25, -0.2) is 8.78 Å². The predicted molar refractivity (Wildman–Crippen MR) is 75.9 cm³/mol. The lowest BCUT2D eigenvalue weighted by atomic mass is 9.75. The van der Waals surface area contributed by atoms with Crippen LogP contribution in [0.3, 0.4) is 0 Å². The second kappa shape index (κ2) is 5.69. The molecule has 0 saturated heterocycles. The third-order valence-corrected chi connectivity index (χ3v) is 3.66. The third kappa shape index (κ3) is 2.86. The summed E-state index contributed by atoms with van der Waals surface area (Å²) in [4.78, 5) is 0. The Kier molecular flexibility index (Phi) is 4.16. The van der Waals surface area contributed by atoms with Crippen molar-refractivity contribution in [3.63, 3.8) is 0 Å². The van der Waals surface area contributed by atoms with Gasteiger partial charge in [0.1, 0.15) is 11.6 Å².